The molecule has 2 aliphatic carbocycles. The maximum atomic E-state index is 9.60. The van der Waals surface area contributed by atoms with Crippen LogP contribution in [-0.4, -0.2) is 43.7 Å². The first-order chi connectivity index (χ1) is 14.5. The van der Waals surface area contributed by atoms with Gasteiger partial charge in [0.25, 0.3) is 0 Å². The standard InChI is InChI=1S/C24H31N5O/c1-15-8-20(9-16(2)17(15)3)26-24-25-7-6-23(27-24)29-11-19(10-28-12-21(30)13-28)22(14-29)18-4-5-18/h6-9,11,14-15,17-18,21,30H,4-5,10,12-13H2,1-3H3,(H,25,26,27). The number of likely N-dealkylation sites (tertiary alicyclic amines) is 1. The lowest BCUT2D eigenvalue weighted by Gasteiger charge is -2.35. The Labute approximate surface area is 178 Å². The van der Waals surface area contributed by atoms with Crippen LogP contribution in [0.25, 0.3) is 5.82 Å². The van der Waals surface area contributed by atoms with Gasteiger partial charge in [-0.2, -0.15) is 4.98 Å². The molecule has 6 heteroatoms. The Morgan fingerprint density at radius 3 is 2.70 bits per heavy atom. The zero-order valence-corrected chi connectivity index (χ0v) is 18.0. The predicted octanol–water partition coefficient (Wildman–Crippen LogP) is 3.85. The van der Waals surface area contributed by atoms with Crippen molar-refractivity contribution in [3.8, 4) is 5.82 Å². The van der Waals surface area contributed by atoms with Crippen LogP contribution in [0.4, 0.5) is 5.95 Å². The Kier molecular flexibility index (Phi) is 4.99. The van der Waals surface area contributed by atoms with Gasteiger partial charge in [0.15, 0.2) is 0 Å². The molecule has 2 unspecified atom stereocenters. The van der Waals surface area contributed by atoms with Gasteiger partial charge < -0.3 is 15.0 Å². The van der Waals surface area contributed by atoms with E-state index in [-0.39, 0.29) is 6.10 Å². The normalized spacial score (nSPS) is 24.9. The minimum absolute atomic E-state index is 0.163. The van der Waals surface area contributed by atoms with Gasteiger partial charge in [-0.25, -0.2) is 4.98 Å². The molecule has 0 spiro atoms. The molecule has 2 atom stereocenters. The first-order valence-electron chi connectivity index (χ1n) is 11.1. The Morgan fingerprint density at radius 2 is 2.00 bits per heavy atom. The summed E-state index contributed by atoms with van der Waals surface area (Å²) in [5.74, 6) is 3.24. The van der Waals surface area contributed by atoms with Gasteiger partial charge in [-0.15, -0.1) is 0 Å². The molecule has 1 saturated heterocycles. The van der Waals surface area contributed by atoms with Crippen LogP contribution in [0.1, 0.15) is 50.7 Å². The van der Waals surface area contributed by atoms with Crippen molar-refractivity contribution in [2.75, 3.05) is 18.4 Å². The zero-order chi connectivity index (χ0) is 20.8. The van der Waals surface area contributed by atoms with Gasteiger partial charge in [-0.05, 0) is 60.8 Å². The molecule has 158 valence electrons. The number of β-amino-alcohol motifs (C(OH)–C–C–N with tert-alkyl or cyclic N) is 1. The highest BCUT2D eigenvalue weighted by molar-refractivity contribution is 5.45. The summed E-state index contributed by atoms with van der Waals surface area (Å²) >= 11 is 0. The lowest BCUT2D eigenvalue weighted by molar-refractivity contribution is -0.00298. The van der Waals surface area contributed by atoms with Crippen LogP contribution in [-0.2, 0) is 6.54 Å². The summed E-state index contributed by atoms with van der Waals surface area (Å²) in [4.78, 5) is 11.5. The second kappa shape index (κ2) is 7.67. The van der Waals surface area contributed by atoms with Crippen molar-refractivity contribution in [3.05, 3.63) is 59.2 Å². The smallest absolute Gasteiger partial charge is 0.229 e. The highest BCUT2D eigenvalue weighted by Crippen LogP contribution is 2.43. The van der Waals surface area contributed by atoms with Crippen molar-refractivity contribution in [2.45, 2.75) is 52.2 Å². The van der Waals surface area contributed by atoms with Crippen molar-refractivity contribution in [1.82, 2.24) is 19.4 Å². The largest absolute Gasteiger partial charge is 0.390 e. The Bertz CT molecular complexity index is 997. The van der Waals surface area contributed by atoms with Gasteiger partial charge in [0.05, 0.1) is 6.10 Å². The van der Waals surface area contributed by atoms with Crippen molar-refractivity contribution in [3.63, 3.8) is 0 Å². The number of aliphatic hydroxyl groups excluding tert-OH is 1. The third kappa shape index (κ3) is 3.94. The average Bonchev–Trinajstić information content (AvgIpc) is 3.45. The van der Waals surface area contributed by atoms with Crippen LogP contribution >= 0.6 is 0 Å². The summed E-state index contributed by atoms with van der Waals surface area (Å²) in [6.07, 6.45) is 13.1. The molecule has 0 aromatic carbocycles. The molecular weight excluding hydrogens is 374 g/mol. The maximum Gasteiger partial charge on any atom is 0.229 e. The Hall–Kier alpha value is -2.44. The second-order valence-corrected chi connectivity index (χ2v) is 9.29. The minimum atomic E-state index is -0.163. The molecule has 5 rings (SSSR count). The number of allylic oxidation sites excluding steroid dienone is 3. The van der Waals surface area contributed by atoms with Crippen LogP contribution in [0.5, 0.6) is 0 Å². The molecule has 6 nitrogen and oxygen atoms in total. The fourth-order valence-electron chi connectivity index (χ4n) is 4.48. The molecule has 0 bridgehead atoms. The molecule has 1 saturated carbocycles. The predicted molar refractivity (Wildman–Crippen MR) is 118 cm³/mol. The van der Waals surface area contributed by atoms with E-state index >= 15 is 0 Å². The summed E-state index contributed by atoms with van der Waals surface area (Å²) in [5, 5.41) is 13.0. The number of hydrogen-bond acceptors (Lipinski definition) is 5. The SMILES string of the molecule is CC1=CC(Nc2nccc(-n3cc(CN4CC(O)C4)c(C4CC4)c3)n2)=CC(C)C1C. The second-order valence-electron chi connectivity index (χ2n) is 9.29. The van der Waals surface area contributed by atoms with E-state index in [0.717, 1.165) is 31.1 Å². The summed E-state index contributed by atoms with van der Waals surface area (Å²) in [7, 11) is 0. The van der Waals surface area contributed by atoms with E-state index in [4.69, 9.17) is 4.98 Å². The number of nitrogens with one attached hydrogen (secondary N) is 1. The van der Waals surface area contributed by atoms with Gasteiger partial charge in [0.1, 0.15) is 5.82 Å². The zero-order valence-electron chi connectivity index (χ0n) is 18.0. The first-order valence-corrected chi connectivity index (χ1v) is 11.1. The van der Waals surface area contributed by atoms with Crippen LogP contribution < -0.4 is 5.32 Å². The number of hydrogen-bond donors (Lipinski definition) is 2. The molecule has 2 aromatic rings. The molecule has 3 aliphatic rings. The Morgan fingerprint density at radius 1 is 1.20 bits per heavy atom. The summed E-state index contributed by atoms with van der Waals surface area (Å²) in [6, 6.07) is 1.96. The van der Waals surface area contributed by atoms with E-state index in [1.807, 2.05) is 12.3 Å². The quantitative estimate of drug-likeness (QED) is 0.764. The lowest BCUT2D eigenvalue weighted by atomic mass is 9.84. The average molecular weight is 406 g/mol. The molecule has 2 fully saturated rings. The van der Waals surface area contributed by atoms with E-state index in [9.17, 15) is 5.11 Å². The van der Waals surface area contributed by atoms with Gasteiger partial charge in [-0.1, -0.05) is 25.5 Å². The summed E-state index contributed by atoms with van der Waals surface area (Å²) in [5.41, 5.74) is 5.23. The topological polar surface area (TPSA) is 66.2 Å². The number of anilines is 1. The number of rotatable bonds is 6. The van der Waals surface area contributed by atoms with Crippen molar-refractivity contribution in [1.29, 1.82) is 0 Å². The molecule has 30 heavy (non-hydrogen) atoms. The van der Waals surface area contributed by atoms with Crippen LogP contribution in [0.3, 0.4) is 0 Å². The van der Waals surface area contributed by atoms with Crippen LogP contribution in [0.15, 0.2) is 48.1 Å². The fraction of sp³-hybridized carbons (Fsp3) is 0.500. The van der Waals surface area contributed by atoms with E-state index in [1.54, 1.807) is 0 Å². The Balaban J connectivity index is 1.37. The maximum absolute atomic E-state index is 9.60. The van der Waals surface area contributed by atoms with Gasteiger partial charge >= 0.3 is 0 Å². The van der Waals surface area contributed by atoms with Crippen molar-refractivity contribution >= 4 is 5.95 Å². The van der Waals surface area contributed by atoms with Gasteiger partial charge in [0.2, 0.25) is 5.95 Å². The van der Waals surface area contributed by atoms with Crippen molar-refractivity contribution in [2.24, 2.45) is 11.8 Å². The lowest BCUT2D eigenvalue weighted by Crippen LogP contribution is -2.49. The molecule has 1 aliphatic heterocycles. The molecular formula is C24H31N5O. The third-order valence-electron chi connectivity index (χ3n) is 6.79. The first kappa shape index (κ1) is 19.5. The molecule has 3 heterocycles. The highest BCUT2D eigenvalue weighted by atomic mass is 16.3. The van der Waals surface area contributed by atoms with E-state index in [0.29, 0.717) is 23.7 Å². The number of aromatic nitrogens is 3. The summed E-state index contributed by atoms with van der Waals surface area (Å²) < 4.78 is 2.13. The minimum Gasteiger partial charge on any atom is -0.390 e. The van der Waals surface area contributed by atoms with E-state index < -0.39 is 0 Å². The number of aliphatic hydroxyl groups is 1. The third-order valence-corrected chi connectivity index (χ3v) is 6.79. The van der Waals surface area contributed by atoms with Gasteiger partial charge in [0, 0.05) is 43.9 Å². The van der Waals surface area contributed by atoms with Crippen LogP contribution in [0.2, 0.25) is 0 Å². The van der Waals surface area contributed by atoms with E-state index in [2.05, 4.69) is 65.1 Å². The van der Waals surface area contributed by atoms with Gasteiger partial charge in [-0.3, -0.25) is 4.90 Å². The molecule has 2 aromatic heterocycles. The van der Waals surface area contributed by atoms with Crippen LogP contribution in [0, 0.1) is 11.8 Å². The number of nitrogens with zero attached hydrogens (tertiary/aromatic N) is 4. The fourth-order valence-corrected chi connectivity index (χ4v) is 4.48. The molecule has 2 N–H and O–H groups in total. The summed E-state index contributed by atoms with van der Waals surface area (Å²) in [6.45, 7) is 9.15. The molecule has 0 amide bonds. The van der Waals surface area contributed by atoms with E-state index in [1.165, 1.54) is 29.5 Å². The van der Waals surface area contributed by atoms with Crippen molar-refractivity contribution < 1.29 is 5.11 Å². The molecule has 0 radical (unpaired) electrons. The monoisotopic (exact) mass is 405 g/mol. The highest BCUT2D eigenvalue weighted by Gasteiger charge is 2.30.